The molecule has 1 unspecified atom stereocenters. The van der Waals surface area contributed by atoms with Gasteiger partial charge in [-0.05, 0) is 25.5 Å². The minimum Gasteiger partial charge on any atom is -0.308 e. The van der Waals surface area contributed by atoms with Gasteiger partial charge >= 0.3 is 0 Å². The molecule has 3 heterocycles. The van der Waals surface area contributed by atoms with Crippen LogP contribution in [0.4, 0.5) is 0 Å². The number of aromatic nitrogens is 4. The number of pyridine rings is 1. The molecule has 5 heteroatoms. The number of nitrogens with one attached hydrogen (secondary N) is 1. The van der Waals surface area contributed by atoms with Crippen molar-refractivity contribution in [1.82, 2.24) is 25.1 Å². The molecule has 0 saturated carbocycles. The Morgan fingerprint density at radius 1 is 1.42 bits per heavy atom. The van der Waals surface area contributed by atoms with Crippen molar-refractivity contribution in [3.8, 4) is 11.4 Å². The largest absolute Gasteiger partial charge is 0.308 e. The highest BCUT2D eigenvalue weighted by molar-refractivity contribution is 5.58. The molecule has 0 bridgehead atoms. The van der Waals surface area contributed by atoms with Crippen LogP contribution in [0.5, 0.6) is 0 Å². The molecule has 2 aromatic rings. The third-order valence-corrected chi connectivity index (χ3v) is 3.64. The molecule has 1 aliphatic heterocycles. The van der Waals surface area contributed by atoms with Crippen LogP contribution in [0, 0.1) is 6.92 Å². The third-order valence-electron chi connectivity index (χ3n) is 3.64. The Bertz CT molecular complexity index is 575. The summed E-state index contributed by atoms with van der Waals surface area (Å²) in [6.45, 7) is 6.11. The summed E-state index contributed by atoms with van der Waals surface area (Å²) in [7, 11) is 0. The maximum atomic E-state index is 4.40. The van der Waals surface area contributed by atoms with E-state index in [0.717, 1.165) is 48.8 Å². The molecule has 1 atom stereocenters. The van der Waals surface area contributed by atoms with Crippen LogP contribution in [-0.4, -0.2) is 26.3 Å². The van der Waals surface area contributed by atoms with E-state index < -0.39 is 0 Å². The van der Waals surface area contributed by atoms with E-state index in [1.54, 1.807) is 0 Å². The molecule has 1 N–H and O–H groups in total. The van der Waals surface area contributed by atoms with Gasteiger partial charge in [-0.3, -0.25) is 4.98 Å². The standard InChI is InChI=1S/C14H19N5/c1-3-5-12-14-18-17-13(19(14)9-8-16-12)11-6-4-7-15-10(11)2/h4,6-7,12,16H,3,5,8-9H2,1-2H3. The van der Waals surface area contributed by atoms with E-state index in [1.807, 2.05) is 19.2 Å². The van der Waals surface area contributed by atoms with Gasteiger partial charge < -0.3 is 9.88 Å². The first-order valence-electron chi connectivity index (χ1n) is 6.89. The van der Waals surface area contributed by atoms with Crippen molar-refractivity contribution in [2.24, 2.45) is 0 Å². The zero-order chi connectivity index (χ0) is 13.2. The lowest BCUT2D eigenvalue weighted by molar-refractivity contribution is 0.394. The summed E-state index contributed by atoms with van der Waals surface area (Å²) in [4.78, 5) is 4.34. The number of hydrogen-bond acceptors (Lipinski definition) is 4. The van der Waals surface area contributed by atoms with E-state index in [2.05, 4.69) is 38.1 Å². The van der Waals surface area contributed by atoms with Crippen LogP contribution in [0.25, 0.3) is 11.4 Å². The first-order valence-corrected chi connectivity index (χ1v) is 6.89. The molecule has 0 amide bonds. The summed E-state index contributed by atoms with van der Waals surface area (Å²) in [5, 5.41) is 12.3. The molecule has 0 aliphatic carbocycles. The molecule has 0 saturated heterocycles. The van der Waals surface area contributed by atoms with E-state index in [-0.39, 0.29) is 0 Å². The average molecular weight is 257 g/mol. The van der Waals surface area contributed by atoms with E-state index in [4.69, 9.17) is 0 Å². The predicted octanol–water partition coefficient (Wildman–Crippen LogP) is 2.09. The van der Waals surface area contributed by atoms with Crippen LogP contribution in [0.1, 0.15) is 37.3 Å². The Morgan fingerprint density at radius 3 is 3.11 bits per heavy atom. The average Bonchev–Trinajstić information content (AvgIpc) is 2.85. The highest BCUT2D eigenvalue weighted by Gasteiger charge is 2.25. The molecular formula is C14H19N5. The molecule has 2 aromatic heterocycles. The van der Waals surface area contributed by atoms with E-state index in [1.165, 1.54) is 0 Å². The van der Waals surface area contributed by atoms with Crippen molar-refractivity contribution < 1.29 is 0 Å². The second kappa shape index (κ2) is 5.09. The van der Waals surface area contributed by atoms with Crippen LogP contribution in [0.3, 0.4) is 0 Å². The normalized spacial score (nSPS) is 18.3. The summed E-state index contributed by atoms with van der Waals surface area (Å²) in [6.07, 6.45) is 4.06. The van der Waals surface area contributed by atoms with Gasteiger partial charge in [0, 0.05) is 30.5 Å². The highest BCUT2D eigenvalue weighted by Crippen LogP contribution is 2.26. The fraction of sp³-hybridized carbons (Fsp3) is 0.500. The second-order valence-corrected chi connectivity index (χ2v) is 4.97. The van der Waals surface area contributed by atoms with Gasteiger partial charge in [0.15, 0.2) is 11.6 Å². The quantitative estimate of drug-likeness (QED) is 0.914. The Kier molecular flexibility index (Phi) is 3.29. The molecule has 0 spiro atoms. The highest BCUT2D eigenvalue weighted by atomic mass is 15.3. The maximum absolute atomic E-state index is 4.40. The van der Waals surface area contributed by atoms with E-state index in [0.29, 0.717) is 6.04 Å². The fourth-order valence-electron chi connectivity index (χ4n) is 2.67. The zero-order valence-corrected chi connectivity index (χ0v) is 11.4. The zero-order valence-electron chi connectivity index (χ0n) is 11.4. The van der Waals surface area contributed by atoms with Crippen molar-refractivity contribution in [2.45, 2.75) is 39.3 Å². The Morgan fingerprint density at radius 2 is 2.32 bits per heavy atom. The lowest BCUT2D eigenvalue weighted by Gasteiger charge is -2.24. The number of nitrogens with zero attached hydrogens (tertiary/aromatic N) is 4. The molecule has 19 heavy (non-hydrogen) atoms. The van der Waals surface area contributed by atoms with Gasteiger partial charge in [-0.15, -0.1) is 10.2 Å². The SMILES string of the molecule is CCCC1NCCn2c(-c3cccnc3C)nnc21. The molecule has 1 aliphatic rings. The Hall–Kier alpha value is -1.75. The van der Waals surface area contributed by atoms with Crippen LogP contribution < -0.4 is 5.32 Å². The third kappa shape index (κ3) is 2.14. The van der Waals surface area contributed by atoms with Crippen LogP contribution in [0.15, 0.2) is 18.3 Å². The maximum Gasteiger partial charge on any atom is 0.165 e. The minimum absolute atomic E-state index is 0.331. The van der Waals surface area contributed by atoms with E-state index in [9.17, 15) is 0 Å². The molecule has 0 fully saturated rings. The van der Waals surface area contributed by atoms with Crippen molar-refractivity contribution in [2.75, 3.05) is 6.54 Å². The van der Waals surface area contributed by atoms with Gasteiger partial charge in [0.1, 0.15) is 0 Å². The molecule has 5 nitrogen and oxygen atoms in total. The van der Waals surface area contributed by atoms with Gasteiger partial charge in [0.2, 0.25) is 0 Å². The van der Waals surface area contributed by atoms with Gasteiger partial charge in [0.05, 0.1) is 6.04 Å². The summed E-state index contributed by atoms with van der Waals surface area (Å²) < 4.78 is 2.24. The van der Waals surface area contributed by atoms with Gasteiger partial charge in [-0.2, -0.15) is 0 Å². The molecular weight excluding hydrogens is 238 g/mol. The lowest BCUT2D eigenvalue weighted by atomic mass is 10.1. The number of fused-ring (bicyclic) bond motifs is 1. The molecule has 0 aromatic carbocycles. The minimum atomic E-state index is 0.331. The van der Waals surface area contributed by atoms with Crippen molar-refractivity contribution in [3.05, 3.63) is 29.8 Å². The smallest absolute Gasteiger partial charge is 0.165 e. The summed E-state index contributed by atoms with van der Waals surface area (Å²) in [5.41, 5.74) is 2.08. The molecule has 0 radical (unpaired) electrons. The molecule has 100 valence electrons. The van der Waals surface area contributed by atoms with Crippen LogP contribution in [0.2, 0.25) is 0 Å². The summed E-state index contributed by atoms with van der Waals surface area (Å²) >= 11 is 0. The lowest BCUT2D eigenvalue weighted by Crippen LogP contribution is -2.33. The topological polar surface area (TPSA) is 55.6 Å². The fourth-order valence-corrected chi connectivity index (χ4v) is 2.67. The number of rotatable bonds is 3. The molecule has 3 rings (SSSR count). The first-order chi connectivity index (χ1) is 9.31. The number of aryl methyl sites for hydroxylation is 1. The summed E-state index contributed by atoms with van der Waals surface area (Å²) in [6, 6.07) is 4.35. The van der Waals surface area contributed by atoms with Crippen molar-refractivity contribution in [3.63, 3.8) is 0 Å². The number of hydrogen-bond donors (Lipinski definition) is 1. The van der Waals surface area contributed by atoms with E-state index >= 15 is 0 Å². The Balaban J connectivity index is 2.04. The first kappa shape index (κ1) is 12.3. The summed E-state index contributed by atoms with van der Waals surface area (Å²) in [5.74, 6) is 2.01. The van der Waals surface area contributed by atoms with Crippen LogP contribution in [-0.2, 0) is 6.54 Å². The second-order valence-electron chi connectivity index (χ2n) is 4.97. The van der Waals surface area contributed by atoms with Gasteiger partial charge in [-0.25, -0.2) is 0 Å². The monoisotopic (exact) mass is 257 g/mol. The predicted molar refractivity (Wildman–Crippen MR) is 73.6 cm³/mol. The van der Waals surface area contributed by atoms with Gasteiger partial charge in [-0.1, -0.05) is 13.3 Å². The van der Waals surface area contributed by atoms with Crippen molar-refractivity contribution in [1.29, 1.82) is 0 Å². The van der Waals surface area contributed by atoms with Crippen LogP contribution >= 0.6 is 0 Å². The Labute approximate surface area is 113 Å². The van der Waals surface area contributed by atoms with Gasteiger partial charge in [0.25, 0.3) is 0 Å². The van der Waals surface area contributed by atoms with Crippen molar-refractivity contribution >= 4 is 0 Å².